The number of fused-ring (bicyclic) bond motifs is 1. The van der Waals surface area contributed by atoms with E-state index in [1.54, 1.807) is 0 Å². The minimum atomic E-state index is -0.367. The van der Waals surface area contributed by atoms with Crippen LogP contribution in [0.2, 0.25) is 0 Å². The van der Waals surface area contributed by atoms with Crippen LogP contribution in [0.1, 0.15) is 46.4 Å². The molecular formula is C21H30N4O2. The summed E-state index contributed by atoms with van der Waals surface area (Å²) < 4.78 is 2.14. The summed E-state index contributed by atoms with van der Waals surface area (Å²) in [6.45, 7) is 10.5. The van der Waals surface area contributed by atoms with Crippen LogP contribution in [0.5, 0.6) is 0 Å². The Bertz CT molecular complexity index is 826. The van der Waals surface area contributed by atoms with Crippen LogP contribution < -0.4 is 5.32 Å². The summed E-state index contributed by atoms with van der Waals surface area (Å²) in [7, 11) is 0. The quantitative estimate of drug-likeness (QED) is 0.900. The van der Waals surface area contributed by atoms with Gasteiger partial charge in [-0.05, 0) is 31.9 Å². The van der Waals surface area contributed by atoms with Crippen LogP contribution in [0.4, 0.5) is 0 Å². The highest BCUT2D eigenvalue weighted by Gasteiger charge is 2.32. The number of rotatable bonds is 4. The van der Waals surface area contributed by atoms with Gasteiger partial charge in [-0.2, -0.15) is 0 Å². The van der Waals surface area contributed by atoms with Gasteiger partial charge in [0.1, 0.15) is 5.82 Å². The first-order valence-corrected chi connectivity index (χ1v) is 9.82. The van der Waals surface area contributed by atoms with E-state index in [0.29, 0.717) is 19.6 Å². The maximum atomic E-state index is 12.6. The minimum absolute atomic E-state index is 0.0338. The van der Waals surface area contributed by atoms with Crippen LogP contribution in [0.3, 0.4) is 0 Å². The number of aromatic nitrogens is 2. The van der Waals surface area contributed by atoms with E-state index in [-0.39, 0.29) is 23.1 Å². The molecule has 0 spiro atoms. The number of imidazole rings is 1. The van der Waals surface area contributed by atoms with Gasteiger partial charge in [-0.3, -0.25) is 9.59 Å². The second kappa shape index (κ2) is 7.71. The van der Waals surface area contributed by atoms with Crippen molar-refractivity contribution in [2.45, 2.75) is 53.6 Å². The lowest BCUT2D eigenvalue weighted by Crippen LogP contribution is -2.46. The van der Waals surface area contributed by atoms with Gasteiger partial charge in [0, 0.05) is 31.0 Å². The number of carbonyl (C=O) groups is 2. The van der Waals surface area contributed by atoms with Gasteiger partial charge in [-0.25, -0.2) is 4.98 Å². The molecule has 1 aliphatic rings. The molecule has 1 aliphatic heterocycles. The lowest BCUT2D eigenvalue weighted by Gasteiger charge is -2.35. The summed E-state index contributed by atoms with van der Waals surface area (Å²) >= 11 is 0. The Morgan fingerprint density at radius 1 is 1.19 bits per heavy atom. The van der Waals surface area contributed by atoms with Crippen molar-refractivity contribution >= 4 is 22.8 Å². The molecule has 0 bridgehead atoms. The first-order valence-electron chi connectivity index (χ1n) is 9.82. The Balaban J connectivity index is 1.57. The monoisotopic (exact) mass is 370 g/mol. The summed E-state index contributed by atoms with van der Waals surface area (Å²) in [5.74, 6) is 1.08. The molecule has 0 atom stereocenters. The SMILES string of the molecule is CCn1c(CNC(=O)C2CCN(C(=O)C(C)(C)C)CC2)nc2ccccc21. The van der Waals surface area contributed by atoms with Gasteiger partial charge < -0.3 is 14.8 Å². The van der Waals surface area contributed by atoms with Crippen molar-refractivity contribution in [2.75, 3.05) is 13.1 Å². The second-order valence-electron chi connectivity index (χ2n) is 8.30. The average Bonchev–Trinajstić information content (AvgIpc) is 3.02. The highest BCUT2D eigenvalue weighted by atomic mass is 16.2. The van der Waals surface area contributed by atoms with Crippen LogP contribution in [-0.4, -0.2) is 39.4 Å². The van der Waals surface area contributed by atoms with Crippen molar-refractivity contribution in [1.82, 2.24) is 19.8 Å². The molecule has 0 radical (unpaired) electrons. The average molecular weight is 370 g/mol. The predicted octanol–water partition coefficient (Wildman–Crippen LogP) is 2.96. The second-order valence-corrected chi connectivity index (χ2v) is 8.30. The van der Waals surface area contributed by atoms with E-state index in [9.17, 15) is 9.59 Å². The Labute approximate surface area is 160 Å². The third kappa shape index (κ3) is 4.15. The Kier molecular flexibility index (Phi) is 5.53. The van der Waals surface area contributed by atoms with Crippen molar-refractivity contribution < 1.29 is 9.59 Å². The van der Waals surface area contributed by atoms with Gasteiger partial charge in [0.05, 0.1) is 17.6 Å². The molecule has 6 nitrogen and oxygen atoms in total. The molecule has 6 heteroatoms. The standard InChI is InChI=1S/C21H30N4O2/c1-5-25-17-9-7-6-8-16(17)23-18(25)14-22-19(26)15-10-12-24(13-11-15)20(27)21(2,3)4/h6-9,15H,5,10-14H2,1-4H3,(H,22,26). The molecule has 2 amide bonds. The normalized spacial score (nSPS) is 15.9. The number of amides is 2. The number of aryl methyl sites for hydroxylation is 1. The first kappa shape index (κ1) is 19.4. The molecular weight excluding hydrogens is 340 g/mol. The molecule has 2 heterocycles. The van der Waals surface area contributed by atoms with E-state index < -0.39 is 0 Å². The number of carbonyl (C=O) groups excluding carboxylic acids is 2. The summed E-state index contributed by atoms with van der Waals surface area (Å²) in [5, 5.41) is 3.05. The number of piperidine rings is 1. The number of likely N-dealkylation sites (tertiary alicyclic amines) is 1. The van der Waals surface area contributed by atoms with Crippen molar-refractivity contribution in [3.05, 3.63) is 30.1 Å². The molecule has 1 fully saturated rings. The van der Waals surface area contributed by atoms with Crippen LogP contribution >= 0.6 is 0 Å². The fraction of sp³-hybridized carbons (Fsp3) is 0.571. The molecule has 3 rings (SSSR count). The molecule has 0 saturated carbocycles. The fourth-order valence-corrected chi connectivity index (χ4v) is 3.74. The molecule has 27 heavy (non-hydrogen) atoms. The third-order valence-electron chi connectivity index (χ3n) is 5.27. The Morgan fingerprint density at radius 3 is 2.48 bits per heavy atom. The van der Waals surface area contributed by atoms with Crippen molar-refractivity contribution in [3.8, 4) is 0 Å². The molecule has 2 aromatic rings. The Morgan fingerprint density at radius 2 is 1.85 bits per heavy atom. The largest absolute Gasteiger partial charge is 0.349 e. The highest BCUT2D eigenvalue weighted by Crippen LogP contribution is 2.24. The predicted molar refractivity (Wildman–Crippen MR) is 106 cm³/mol. The summed E-state index contributed by atoms with van der Waals surface area (Å²) in [4.78, 5) is 31.5. The van der Waals surface area contributed by atoms with E-state index in [1.807, 2.05) is 43.9 Å². The van der Waals surface area contributed by atoms with Crippen molar-refractivity contribution in [1.29, 1.82) is 0 Å². The van der Waals surface area contributed by atoms with Gasteiger partial charge in [0.2, 0.25) is 11.8 Å². The lowest BCUT2D eigenvalue weighted by atomic mass is 9.90. The summed E-state index contributed by atoms with van der Waals surface area (Å²) in [6, 6.07) is 8.03. The van der Waals surface area contributed by atoms with Gasteiger partial charge in [-0.15, -0.1) is 0 Å². The van der Waals surface area contributed by atoms with Crippen molar-refractivity contribution in [2.24, 2.45) is 11.3 Å². The van der Waals surface area contributed by atoms with Crippen LogP contribution in [0.15, 0.2) is 24.3 Å². The molecule has 1 aromatic heterocycles. The van der Waals surface area contributed by atoms with Crippen LogP contribution in [-0.2, 0) is 22.7 Å². The minimum Gasteiger partial charge on any atom is -0.349 e. The summed E-state index contributed by atoms with van der Waals surface area (Å²) in [5.41, 5.74) is 1.68. The molecule has 1 saturated heterocycles. The highest BCUT2D eigenvalue weighted by molar-refractivity contribution is 5.83. The van der Waals surface area contributed by atoms with E-state index in [4.69, 9.17) is 0 Å². The van der Waals surface area contributed by atoms with E-state index in [0.717, 1.165) is 36.2 Å². The zero-order valence-electron chi connectivity index (χ0n) is 16.8. The van der Waals surface area contributed by atoms with Crippen LogP contribution in [0.25, 0.3) is 11.0 Å². The molecule has 146 valence electrons. The molecule has 1 aromatic carbocycles. The number of para-hydroxylation sites is 2. The third-order valence-corrected chi connectivity index (χ3v) is 5.27. The van der Waals surface area contributed by atoms with Gasteiger partial charge >= 0.3 is 0 Å². The molecule has 0 unspecified atom stereocenters. The number of nitrogens with zero attached hydrogens (tertiary/aromatic N) is 3. The summed E-state index contributed by atoms with van der Waals surface area (Å²) in [6.07, 6.45) is 1.44. The number of nitrogens with one attached hydrogen (secondary N) is 1. The lowest BCUT2D eigenvalue weighted by molar-refractivity contribution is -0.142. The van der Waals surface area contributed by atoms with Gasteiger partial charge in [0.25, 0.3) is 0 Å². The zero-order chi connectivity index (χ0) is 19.6. The fourth-order valence-electron chi connectivity index (χ4n) is 3.74. The number of benzene rings is 1. The molecule has 0 aliphatic carbocycles. The number of hydrogen-bond donors (Lipinski definition) is 1. The maximum absolute atomic E-state index is 12.6. The topological polar surface area (TPSA) is 67.2 Å². The van der Waals surface area contributed by atoms with E-state index in [1.165, 1.54) is 0 Å². The number of hydrogen-bond acceptors (Lipinski definition) is 3. The van der Waals surface area contributed by atoms with E-state index in [2.05, 4.69) is 27.9 Å². The first-order chi connectivity index (χ1) is 12.8. The van der Waals surface area contributed by atoms with E-state index >= 15 is 0 Å². The molecule has 1 N–H and O–H groups in total. The van der Waals surface area contributed by atoms with Gasteiger partial charge in [0.15, 0.2) is 0 Å². The maximum Gasteiger partial charge on any atom is 0.227 e. The smallest absolute Gasteiger partial charge is 0.227 e. The van der Waals surface area contributed by atoms with Gasteiger partial charge in [-0.1, -0.05) is 32.9 Å². The van der Waals surface area contributed by atoms with Crippen LogP contribution in [0, 0.1) is 11.3 Å². The van der Waals surface area contributed by atoms with Crippen molar-refractivity contribution in [3.63, 3.8) is 0 Å². The Hall–Kier alpha value is -2.37. The zero-order valence-corrected chi connectivity index (χ0v) is 16.8.